The molecule has 1 aliphatic heterocycles. The second kappa shape index (κ2) is 6.61. The topological polar surface area (TPSA) is 66.8 Å². The summed E-state index contributed by atoms with van der Waals surface area (Å²) in [6.45, 7) is 5.17. The highest BCUT2D eigenvalue weighted by Crippen LogP contribution is 2.21. The van der Waals surface area contributed by atoms with E-state index in [9.17, 15) is 9.59 Å². The molecular formula is C16H21NO4. The number of carboxylic acid groups (broad SMARTS) is 1. The Bertz CT molecular complexity index is 541. The number of ether oxygens (including phenoxy) is 1. The predicted octanol–water partition coefficient (Wildman–Crippen LogP) is 2.01. The third-order valence-corrected chi connectivity index (χ3v) is 4.02. The molecule has 0 unspecified atom stereocenters. The van der Waals surface area contributed by atoms with Gasteiger partial charge in [0.25, 0.3) is 0 Å². The third kappa shape index (κ3) is 3.74. The molecule has 1 atom stereocenters. The van der Waals surface area contributed by atoms with Crippen LogP contribution in [0.5, 0.6) is 5.75 Å². The molecule has 1 aliphatic rings. The molecule has 1 heterocycles. The second-order valence-electron chi connectivity index (χ2n) is 5.46. The number of amides is 1. The summed E-state index contributed by atoms with van der Waals surface area (Å²) >= 11 is 0. The molecule has 1 N–H and O–H groups in total. The number of nitrogens with zero attached hydrogens (tertiary/aromatic N) is 1. The van der Waals surface area contributed by atoms with Gasteiger partial charge in [0, 0.05) is 13.1 Å². The number of hydrogen-bond donors (Lipinski definition) is 1. The van der Waals surface area contributed by atoms with E-state index in [1.165, 1.54) is 0 Å². The molecule has 5 nitrogen and oxygen atoms in total. The molecule has 114 valence electrons. The van der Waals surface area contributed by atoms with Gasteiger partial charge in [-0.05, 0) is 37.5 Å². The van der Waals surface area contributed by atoms with E-state index < -0.39 is 11.9 Å². The highest BCUT2D eigenvalue weighted by Gasteiger charge is 2.30. The molecule has 5 heteroatoms. The molecule has 0 spiro atoms. The van der Waals surface area contributed by atoms with Crippen molar-refractivity contribution in [2.45, 2.75) is 26.7 Å². The second-order valence-corrected chi connectivity index (χ2v) is 5.46. The maximum Gasteiger partial charge on any atom is 0.308 e. The average Bonchev–Trinajstić information content (AvgIpc) is 2.93. The number of aryl methyl sites for hydroxylation is 1. The first-order valence-electron chi connectivity index (χ1n) is 7.18. The summed E-state index contributed by atoms with van der Waals surface area (Å²) in [5, 5.41) is 8.93. The van der Waals surface area contributed by atoms with Gasteiger partial charge in [-0.3, -0.25) is 9.59 Å². The Kier molecular flexibility index (Phi) is 4.83. The molecule has 21 heavy (non-hydrogen) atoms. The summed E-state index contributed by atoms with van der Waals surface area (Å²) in [5.74, 6) is -0.484. The van der Waals surface area contributed by atoms with Crippen molar-refractivity contribution in [3.8, 4) is 5.75 Å². The van der Waals surface area contributed by atoms with Gasteiger partial charge in [0.05, 0.1) is 18.9 Å². The first-order valence-corrected chi connectivity index (χ1v) is 7.18. The zero-order chi connectivity index (χ0) is 15.4. The summed E-state index contributed by atoms with van der Waals surface area (Å²) in [6.07, 6.45) is 0.818. The van der Waals surface area contributed by atoms with Gasteiger partial charge in [-0.15, -0.1) is 0 Å². The molecule has 0 bridgehead atoms. The number of rotatable bonds is 5. The standard InChI is InChI=1S/C16H21NO4/c1-11-4-3-5-14(12(11)2)21-9-7-15(18)17-8-6-13(10-17)16(19)20/h3-5,13H,6-10H2,1-2H3,(H,19,20)/t13-/m1/s1. The maximum atomic E-state index is 12.0. The van der Waals surface area contributed by atoms with Crippen LogP contribution in [-0.2, 0) is 9.59 Å². The van der Waals surface area contributed by atoms with Gasteiger partial charge in [-0.1, -0.05) is 12.1 Å². The monoisotopic (exact) mass is 291 g/mol. The van der Waals surface area contributed by atoms with Crippen molar-refractivity contribution in [1.29, 1.82) is 0 Å². The lowest BCUT2D eigenvalue weighted by Crippen LogP contribution is -2.30. The van der Waals surface area contributed by atoms with Crippen LogP contribution in [0.4, 0.5) is 0 Å². The minimum Gasteiger partial charge on any atom is -0.493 e. The number of aliphatic carboxylic acids is 1. The highest BCUT2D eigenvalue weighted by atomic mass is 16.5. The summed E-state index contributed by atoms with van der Waals surface area (Å²) in [5.41, 5.74) is 2.24. The van der Waals surface area contributed by atoms with Crippen LogP contribution in [0, 0.1) is 19.8 Å². The number of carbonyl (C=O) groups is 2. The van der Waals surface area contributed by atoms with Crippen LogP contribution < -0.4 is 4.74 Å². The van der Waals surface area contributed by atoms with Gasteiger partial charge in [-0.2, -0.15) is 0 Å². The van der Waals surface area contributed by atoms with Crippen LogP contribution in [-0.4, -0.2) is 41.6 Å². The van der Waals surface area contributed by atoms with E-state index in [0.29, 0.717) is 26.1 Å². The molecule has 0 aliphatic carbocycles. The third-order valence-electron chi connectivity index (χ3n) is 4.02. The SMILES string of the molecule is Cc1cccc(OCCC(=O)N2CC[C@@H](C(=O)O)C2)c1C. The lowest BCUT2D eigenvalue weighted by atomic mass is 10.1. The molecule has 1 amide bonds. The quantitative estimate of drug-likeness (QED) is 0.901. The van der Waals surface area contributed by atoms with Crippen molar-refractivity contribution >= 4 is 11.9 Å². The molecule has 0 aromatic heterocycles. The Morgan fingerprint density at radius 1 is 1.38 bits per heavy atom. The Hall–Kier alpha value is -2.04. The number of carbonyl (C=O) groups excluding carboxylic acids is 1. The Balaban J connectivity index is 1.80. The van der Waals surface area contributed by atoms with Crippen molar-refractivity contribution in [3.63, 3.8) is 0 Å². The van der Waals surface area contributed by atoms with Crippen molar-refractivity contribution in [3.05, 3.63) is 29.3 Å². The lowest BCUT2D eigenvalue weighted by Gasteiger charge is -2.16. The Morgan fingerprint density at radius 3 is 2.81 bits per heavy atom. The zero-order valence-corrected chi connectivity index (χ0v) is 12.5. The molecule has 1 aromatic rings. The van der Waals surface area contributed by atoms with Crippen LogP contribution in [0.2, 0.25) is 0 Å². The summed E-state index contributed by atoms with van der Waals surface area (Å²) < 4.78 is 5.66. The van der Waals surface area contributed by atoms with Crippen LogP contribution in [0.1, 0.15) is 24.0 Å². The minimum atomic E-state index is -0.822. The Morgan fingerprint density at radius 2 is 2.14 bits per heavy atom. The minimum absolute atomic E-state index is 0.0379. The molecular weight excluding hydrogens is 270 g/mol. The van der Waals surface area contributed by atoms with Crippen molar-refractivity contribution in [1.82, 2.24) is 4.90 Å². The first-order chi connectivity index (χ1) is 9.99. The number of likely N-dealkylation sites (tertiary alicyclic amines) is 1. The lowest BCUT2D eigenvalue weighted by molar-refractivity contribution is -0.141. The van der Waals surface area contributed by atoms with E-state index in [1.54, 1.807) is 4.90 Å². The summed E-state index contributed by atoms with van der Waals surface area (Å²) in [7, 11) is 0. The molecule has 1 aromatic carbocycles. The van der Waals surface area contributed by atoms with Crippen molar-refractivity contribution < 1.29 is 19.4 Å². The van der Waals surface area contributed by atoms with Gasteiger partial charge in [0.1, 0.15) is 5.75 Å². The fourth-order valence-electron chi connectivity index (χ4n) is 2.48. The van der Waals surface area contributed by atoms with Crippen molar-refractivity contribution in [2.75, 3.05) is 19.7 Å². The average molecular weight is 291 g/mol. The molecule has 1 saturated heterocycles. The first kappa shape index (κ1) is 15.4. The van der Waals surface area contributed by atoms with Gasteiger partial charge in [0.2, 0.25) is 5.91 Å². The maximum absolute atomic E-state index is 12.0. The largest absolute Gasteiger partial charge is 0.493 e. The van der Waals surface area contributed by atoms with Crippen molar-refractivity contribution in [2.24, 2.45) is 5.92 Å². The van der Waals surface area contributed by atoms with E-state index >= 15 is 0 Å². The zero-order valence-electron chi connectivity index (χ0n) is 12.5. The highest BCUT2D eigenvalue weighted by molar-refractivity contribution is 5.78. The van der Waals surface area contributed by atoms with Gasteiger partial charge < -0.3 is 14.7 Å². The fraction of sp³-hybridized carbons (Fsp3) is 0.500. The normalized spacial score (nSPS) is 17.8. The summed E-state index contributed by atoms with van der Waals surface area (Å²) in [6, 6.07) is 5.84. The van der Waals surface area contributed by atoms with Gasteiger partial charge >= 0.3 is 5.97 Å². The number of benzene rings is 1. The van der Waals surface area contributed by atoms with E-state index in [-0.39, 0.29) is 12.3 Å². The smallest absolute Gasteiger partial charge is 0.308 e. The Labute approximate surface area is 124 Å². The van der Waals surface area contributed by atoms with Crippen LogP contribution >= 0.6 is 0 Å². The molecule has 0 saturated carbocycles. The number of hydrogen-bond acceptors (Lipinski definition) is 3. The fourth-order valence-corrected chi connectivity index (χ4v) is 2.48. The van der Waals surface area contributed by atoms with E-state index in [1.807, 2.05) is 32.0 Å². The van der Waals surface area contributed by atoms with Crippen LogP contribution in [0.15, 0.2) is 18.2 Å². The van der Waals surface area contributed by atoms with Crippen LogP contribution in [0.25, 0.3) is 0 Å². The summed E-state index contributed by atoms with van der Waals surface area (Å²) in [4.78, 5) is 24.5. The predicted molar refractivity (Wildman–Crippen MR) is 78.4 cm³/mol. The number of carboxylic acids is 1. The molecule has 1 fully saturated rings. The van der Waals surface area contributed by atoms with Gasteiger partial charge in [0.15, 0.2) is 0 Å². The molecule has 2 rings (SSSR count). The van der Waals surface area contributed by atoms with Crippen LogP contribution in [0.3, 0.4) is 0 Å². The van der Waals surface area contributed by atoms with Gasteiger partial charge in [-0.25, -0.2) is 0 Å². The van der Waals surface area contributed by atoms with E-state index in [2.05, 4.69) is 0 Å². The van der Waals surface area contributed by atoms with E-state index in [4.69, 9.17) is 9.84 Å². The van der Waals surface area contributed by atoms with E-state index in [0.717, 1.165) is 16.9 Å². The molecule has 0 radical (unpaired) electrons.